The van der Waals surface area contributed by atoms with Gasteiger partial charge in [-0.05, 0) is 87.0 Å². The van der Waals surface area contributed by atoms with Crippen molar-refractivity contribution in [2.24, 2.45) is 7.05 Å². The van der Waals surface area contributed by atoms with Crippen molar-refractivity contribution in [3.63, 3.8) is 0 Å². The Kier molecular flexibility index (Phi) is 6.56. The number of benzene rings is 1. The van der Waals surface area contributed by atoms with E-state index >= 15 is 4.39 Å². The van der Waals surface area contributed by atoms with Crippen LogP contribution < -0.4 is 5.56 Å². The fraction of sp³-hybridized carbons (Fsp3) is 0.400. The third kappa shape index (κ3) is 4.28. The van der Waals surface area contributed by atoms with Gasteiger partial charge in [0.2, 0.25) is 5.95 Å². The van der Waals surface area contributed by atoms with Crippen LogP contribution in [0.15, 0.2) is 53.6 Å². The standard InChI is InChI=1S/C30H35FN4O/c1-18(2)27-24-15-21(20-10-13-35(14-11-20)19(3)4)8-9-26(24)33-28(27)25-16-23(22-7-6-12-32-17-22)30(36)34(5)29(25)31/h6-9,12,15-20,33H,10-11,13-14H2,1-5H3. The monoisotopic (exact) mass is 486 g/mol. The summed E-state index contributed by atoms with van der Waals surface area (Å²) in [6.45, 7) is 11.1. The molecular weight excluding hydrogens is 451 g/mol. The fourth-order valence-corrected chi connectivity index (χ4v) is 5.67. The molecule has 0 unspecified atom stereocenters. The van der Waals surface area contributed by atoms with Crippen LogP contribution in [0, 0.1) is 5.95 Å². The Labute approximate surface area is 212 Å². The van der Waals surface area contributed by atoms with E-state index in [1.807, 2.05) is 6.07 Å². The van der Waals surface area contributed by atoms with E-state index in [2.05, 4.69) is 60.8 Å². The summed E-state index contributed by atoms with van der Waals surface area (Å²) in [4.78, 5) is 23.1. The van der Waals surface area contributed by atoms with Crippen LogP contribution in [0.2, 0.25) is 0 Å². The van der Waals surface area contributed by atoms with Crippen molar-refractivity contribution < 1.29 is 4.39 Å². The summed E-state index contributed by atoms with van der Waals surface area (Å²) >= 11 is 0. The maximum atomic E-state index is 15.6. The molecular formula is C30H35FN4O. The molecule has 0 saturated carbocycles. The first-order chi connectivity index (χ1) is 17.3. The number of hydrogen-bond acceptors (Lipinski definition) is 3. The van der Waals surface area contributed by atoms with E-state index in [-0.39, 0.29) is 11.5 Å². The summed E-state index contributed by atoms with van der Waals surface area (Å²) in [5.41, 5.74) is 5.32. The summed E-state index contributed by atoms with van der Waals surface area (Å²) in [5.74, 6) is 0.168. The van der Waals surface area contributed by atoms with Crippen LogP contribution in [0.4, 0.5) is 4.39 Å². The minimum atomic E-state index is -0.539. The van der Waals surface area contributed by atoms with Crippen LogP contribution >= 0.6 is 0 Å². The molecule has 6 heteroatoms. The number of likely N-dealkylation sites (tertiary alicyclic amines) is 1. The molecule has 1 N–H and O–H groups in total. The smallest absolute Gasteiger partial charge is 0.260 e. The highest BCUT2D eigenvalue weighted by molar-refractivity contribution is 5.92. The lowest BCUT2D eigenvalue weighted by Gasteiger charge is -2.34. The highest BCUT2D eigenvalue weighted by Crippen LogP contribution is 2.39. The largest absolute Gasteiger partial charge is 0.354 e. The molecule has 0 atom stereocenters. The van der Waals surface area contributed by atoms with Gasteiger partial charge in [0.15, 0.2) is 0 Å². The molecule has 4 aromatic rings. The maximum absolute atomic E-state index is 15.6. The van der Waals surface area contributed by atoms with Gasteiger partial charge in [-0.25, -0.2) is 0 Å². The molecule has 1 aliphatic heterocycles. The quantitative estimate of drug-likeness (QED) is 0.330. The lowest BCUT2D eigenvalue weighted by Crippen LogP contribution is -2.37. The maximum Gasteiger partial charge on any atom is 0.260 e. The van der Waals surface area contributed by atoms with E-state index in [1.54, 1.807) is 24.5 Å². The van der Waals surface area contributed by atoms with Crippen LogP contribution in [-0.2, 0) is 7.05 Å². The van der Waals surface area contributed by atoms with Crippen LogP contribution in [-0.4, -0.2) is 38.6 Å². The van der Waals surface area contributed by atoms with Gasteiger partial charge in [-0.3, -0.25) is 14.3 Å². The third-order valence-corrected chi connectivity index (χ3v) is 7.75. The molecule has 1 aliphatic rings. The Morgan fingerprint density at radius 2 is 1.81 bits per heavy atom. The molecule has 188 valence electrons. The van der Waals surface area contributed by atoms with Crippen molar-refractivity contribution in [3.8, 4) is 22.4 Å². The molecule has 0 bridgehead atoms. The third-order valence-electron chi connectivity index (χ3n) is 7.75. The van der Waals surface area contributed by atoms with Gasteiger partial charge in [-0.2, -0.15) is 4.39 Å². The minimum Gasteiger partial charge on any atom is -0.354 e. The van der Waals surface area contributed by atoms with Gasteiger partial charge < -0.3 is 9.88 Å². The SMILES string of the molecule is CC(C)c1c(-c2cc(-c3cccnc3)c(=O)n(C)c2F)[nH]c2ccc(C3CCN(C(C)C)CC3)cc12. The van der Waals surface area contributed by atoms with Crippen molar-refractivity contribution in [3.05, 3.63) is 76.2 Å². The van der Waals surface area contributed by atoms with Crippen LogP contribution in [0.25, 0.3) is 33.3 Å². The highest BCUT2D eigenvalue weighted by Gasteiger charge is 2.25. The number of hydrogen-bond donors (Lipinski definition) is 1. The van der Waals surface area contributed by atoms with Crippen molar-refractivity contribution in [1.29, 1.82) is 0 Å². The lowest BCUT2D eigenvalue weighted by molar-refractivity contribution is 0.172. The number of halogens is 1. The van der Waals surface area contributed by atoms with Gasteiger partial charge in [0.1, 0.15) is 0 Å². The van der Waals surface area contributed by atoms with E-state index < -0.39 is 5.95 Å². The summed E-state index contributed by atoms with van der Waals surface area (Å²) in [5, 5.41) is 1.14. The number of nitrogens with zero attached hydrogens (tertiary/aromatic N) is 3. The molecule has 36 heavy (non-hydrogen) atoms. The van der Waals surface area contributed by atoms with E-state index in [0.29, 0.717) is 28.7 Å². The molecule has 5 nitrogen and oxygen atoms in total. The average Bonchev–Trinajstić information content (AvgIpc) is 3.27. The number of H-pyrrole nitrogens is 1. The highest BCUT2D eigenvalue weighted by atomic mass is 19.1. The van der Waals surface area contributed by atoms with Crippen molar-refractivity contribution in [1.82, 2.24) is 19.4 Å². The number of aromatic nitrogens is 3. The first kappa shape index (κ1) is 24.4. The molecule has 1 saturated heterocycles. The number of piperidine rings is 1. The predicted molar refractivity (Wildman–Crippen MR) is 145 cm³/mol. The predicted octanol–water partition coefficient (Wildman–Crippen LogP) is 6.45. The Hall–Kier alpha value is -3.25. The lowest BCUT2D eigenvalue weighted by atomic mass is 9.87. The van der Waals surface area contributed by atoms with Gasteiger partial charge in [0.25, 0.3) is 5.56 Å². The van der Waals surface area contributed by atoms with Gasteiger partial charge in [-0.1, -0.05) is 26.0 Å². The van der Waals surface area contributed by atoms with Crippen molar-refractivity contribution >= 4 is 10.9 Å². The molecule has 4 heterocycles. The van der Waals surface area contributed by atoms with E-state index in [9.17, 15) is 4.79 Å². The number of aromatic amines is 1. The number of nitrogens with one attached hydrogen (secondary N) is 1. The Morgan fingerprint density at radius 1 is 1.06 bits per heavy atom. The normalized spacial score (nSPS) is 15.4. The Morgan fingerprint density at radius 3 is 2.44 bits per heavy atom. The summed E-state index contributed by atoms with van der Waals surface area (Å²) in [7, 11) is 1.49. The molecule has 3 aromatic heterocycles. The molecule has 0 spiro atoms. The molecule has 1 aromatic carbocycles. The summed E-state index contributed by atoms with van der Waals surface area (Å²) < 4.78 is 16.7. The first-order valence-corrected chi connectivity index (χ1v) is 13.0. The zero-order chi connectivity index (χ0) is 25.6. The number of pyridine rings is 2. The Bertz CT molecular complexity index is 1440. The van der Waals surface area contributed by atoms with E-state index in [4.69, 9.17) is 0 Å². The van der Waals surface area contributed by atoms with Gasteiger partial charge in [0, 0.05) is 47.5 Å². The van der Waals surface area contributed by atoms with Gasteiger partial charge in [-0.15, -0.1) is 0 Å². The van der Waals surface area contributed by atoms with Crippen molar-refractivity contribution in [2.45, 2.75) is 58.4 Å². The molecule has 1 fully saturated rings. The van der Waals surface area contributed by atoms with E-state index in [0.717, 1.165) is 52.7 Å². The fourth-order valence-electron chi connectivity index (χ4n) is 5.67. The molecule has 5 rings (SSSR count). The zero-order valence-corrected chi connectivity index (χ0v) is 21.8. The second-order valence-corrected chi connectivity index (χ2v) is 10.6. The number of rotatable bonds is 5. The second-order valence-electron chi connectivity index (χ2n) is 10.6. The van der Waals surface area contributed by atoms with Crippen LogP contribution in [0.3, 0.4) is 0 Å². The van der Waals surface area contributed by atoms with E-state index in [1.165, 1.54) is 12.6 Å². The van der Waals surface area contributed by atoms with Gasteiger partial charge >= 0.3 is 0 Å². The van der Waals surface area contributed by atoms with Crippen LogP contribution in [0.1, 0.15) is 63.5 Å². The summed E-state index contributed by atoms with van der Waals surface area (Å²) in [6.07, 6.45) is 5.62. The van der Waals surface area contributed by atoms with Gasteiger partial charge in [0.05, 0.1) is 11.3 Å². The topological polar surface area (TPSA) is 53.9 Å². The Balaban J connectivity index is 1.63. The zero-order valence-electron chi connectivity index (χ0n) is 21.8. The number of fused-ring (bicyclic) bond motifs is 1. The summed E-state index contributed by atoms with van der Waals surface area (Å²) in [6, 6.07) is 12.5. The van der Waals surface area contributed by atoms with Crippen molar-refractivity contribution in [2.75, 3.05) is 13.1 Å². The molecule has 0 radical (unpaired) electrons. The molecule has 0 aliphatic carbocycles. The minimum absolute atomic E-state index is 0.172. The van der Waals surface area contributed by atoms with Crippen LogP contribution in [0.5, 0.6) is 0 Å². The molecule has 0 amide bonds. The average molecular weight is 487 g/mol. The second kappa shape index (κ2) is 9.66. The first-order valence-electron chi connectivity index (χ1n) is 13.0.